The Balaban J connectivity index is 0.000000810. The minimum absolute atomic E-state index is 0. The number of nitrogens with zero attached hydrogens (tertiary/aromatic N) is 3. The molecule has 0 atom stereocenters. The van der Waals surface area contributed by atoms with Gasteiger partial charge in [-0.3, -0.25) is 0 Å². The number of rotatable bonds is 1. The van der Waals surface area contributed by atoms with Crippen LogP contribution in [0.4, 0.5) is 0 Å². The quantitative estimate of drug-likeness (QED) is 0.205. The molecule has 0 spiro atoms. The number of hydrogen-bond donors (Lipinski definition) is 2. The predicted octanol–water partition coefficient (Wildman–Crippen LogP) is -1.72. The SMILES string of the molecule is [NaH].[O-]/[N+](=N/O)N1CC(O)C1. The summed E-state index contributed by atoms with van der Waals surface area (Å²) in [4.78, 5) is 0.0483. The first kappa shape index (κ1) is 9.96. The van der Waals surface area contributed by atoms with Crippen molar-refractivity contribution in [1.82, 2.24) is 5.01 Å². The molecule has 1 aliphatic rings. The van der Waals surface area contributed by atoms with E-state index in [0.29, 0.717) is 0 Å². The van der Waals surface area contributed by atoms with E-state index in [2.05, 4.69) is 5.28 Å². The van der Waals surface area contributed by atoms with E-state index in [-0.39, 0.29) is 47.6 Å². The van der Waals surface area contributed by atoms with E-state index >= 15 is 0 Å². The number of aliphatic hydroxyl groups is 1. The molecule has 7 heteroatoms. The fourth-order valence-electron chi connectivity index (χ4n) is 0.629. The molecule has 0 saturated carbocycles. The van der Waals surface area contributed by atoms with Crippen LogP contribution in [0.15, 0.2) is 5.28 Å². The molecule has 0 unspecified atom stereocenters. The third-order valence-corrected chi connectivity index (χ3v) is 1.16. The van der Waals surface area contributed by atoms with Gasteiger partial charge in [-0.1, -0.05) is 0 Å². The smallest absolute Gasteiger partial charge is 0.230 e. The normalized spacial score (nSPS) is 19.7. The van der Waals surface area contributed by atoms with E-state index in [1.807, 2.05) is 0 Å². The molecular formula is C3H8N3NaO3. The third-order valence-electron chi connectivity index (χ3n) is 1.16. The Hall–Kier alpha value is -0.0400. The van der Waals surface area contributed by atoms with Gasteiger partial charge in [0.05, 0.1) is 4.97 Å². The van der Waals surface area contributed by atoms with E-state index in [1.165, 1.54) is 0 Å². The van der Waals surface area contributed by atoms with Gasteiger partial charge in [-0.15, -0.1) is 5.01 Å². The molecule has 0 aliphatic carbocycles. The number of hydrogen-bond acceptors (Lipinski definition) is 3. The maximum Gasteiger partial charge on any atom is 0.230 e. The Morgan fingerprint density at radius 2 is 2.10 bits per heavy atom. The molecule has 0 aromatic rings. The molecule has 1 heterocycles. The maximum atomic E-state index is 10.3. The van der Waals surface area contributed by atoms with Crippen molar-refractivity contribution < 1.29 is 15.3 Å². The van der Waals surface area contributed by atoms with E-state index in [0.717, 1.165) is 5.01 Å². The van der Waals surface area contributed by atoms with E-state index < -0.39 is 6.10 Å². The molecule has 0 bridgehead atoms. The zero-order chi connectivity index (χ0) is 6.85. The van der Waals surface area contributed by atoms with Crippen molar-refractivity contribution in [3.63, 3.8) is 0 Å². The van der Waals surface area contributed by atoms with Gasteiger partial charge in [-0.05, 0) is 0 Å². The number of hydrazine groups is 1. The van der Waals surface area contributed by atoms with Crippen LogP contribution in [0.2, 0.25) is 0 Å². The summed E-state index contributed by atoms with van der Waals surface area (Å²) >= 11 is 0. The molecule has 0 aromatic heterocycles. The molecule has 2 N–H and O–H groups in total. The van der Waals surface area contributed by atoms with Gasteiger partial charge in [0.15, 0.2) is 0 Å². The Morgan fingerprint density at radius 3 is 2.40 bits per heavy atom. The van der Waals surface area contributed by atoms with Crippen molar-refractivity contribution in [2.24, 2.45) is 5.28 Å². The fourth-order valence-corrected chi connectivity index (χ4v) is 0.629. The van der Waals surface area contributed by atoms with Crippen molar-refractivity contribution >= 4 is 29.6 Å². The Labute approximate surface area is 79.6 Å². The summed E-state index contributed by atoms with van der Waals surface area (Å²) in [6.07, 6.45) is -0.455. The second-order valence-electron chi connectivity index (χ2n) is 1.87. The Bertz CT molecular complexity index is 135. The van der Waals surface area contributed by atoms with Gasteiger partial charge in [-0.2, -0.15) is 0 Å². The maximum absolute atomic E-state index is 10.3. The van der Waals surface area contributed by atoms with Crippen LogP contribution in [0.5, 0.6) is 0 Å². The van der Waals surface area contributed by atoms with E-state index in [9.17, 15) is 5.21 Å². The van der Waals surface area contributed by atoms with Gasteiger partial charge < -0.3 is 15.5 Å². The second kappa shape index (κ2) is 3.97. The number of β-amino-alcohol motifs (C(OH)–C–C–N with tert-alkyl or cyclic N) is 1. The van der Waals surface area contributed by atoms with Gasteiger partial charge >= 0.3 is 29.6 Å². The van der Waals surface area contributed by atoms with Crippen molar-refractivity contribution in [2.75, 3.05) is 13.1 Å². The first-order valence-corrected chi connectivity index (χ1v) is 2.49. The molecule has 54 valence electrons. The van der Waals surface area contributed by atoms with Crippen molar-refractivity contribution in [3.8, 4) is 0 Å². The predicted molar refractivity (Wildman–Crippen MR) is 32.6 cm³/mol. The molecule has 6 nitrogen and oxygen atoms in total. The minimum Gasteiger partial charge on any atom is -0.569 e. The summed E-state index contributed by atoms with van der Waals surface area (Å²) in [5.74, 6) is 0. The summed E-state index contributed by atoms with van der Waals surface area (Å²) in [6.45, 7) is 0.487. The summed E-state index contributed by atoms with van der Waals surface area (Å²) < 4.78 is 0. The van der Waals surface area contributed by atoms with E-state index in [1.54, 1.807) is 0 Å². The average Bonchev–Trinajstić information content (AvgIpc) is 1.79. The molecule has 1 rings (SSSR count). The molecular weight excluding hydrogens is 149 g/mol. The standard InChI is InChI=1S/C3H7N3O3.Na.H/c7-3-1-5(2-3)6(9)4-8;;/h3,7-8H,1-2H2;;/b6-4+;;. The molecule has 1 fully saturated rings. The average molecular weight is 157 g/mol. The molecule has 1 aliphatic heterocycles. The first-order valence-electron chi connectivity index (χ1n) is 2.49. The van der Waals surface area contributed by atoms with E-state index in [4.69, 9.17) is 10.3 Å². The van der Waals surface area contributed by atoms with Crippen molar-refractivity contribution in [1.29, 1.82) is 0 Å². The van der Waals surface area contributed by atoms with Crippen LogP contribution in [-0.2, 0) is 0 Å². The van der Waals surface area contributed by atoms with Crippen LogP contribution in [-0.4, -0.2) is 69.0 Å². The molecule has 1 saturated heterocycles. The molecule has 0 aromatic carbocycles. The molecule has 0 radical (unpaired) electrons. The Morgan fingerprint density at radius 1 is 1.60 bits per heavy atom. The molecule has 10 heavy (non-hydrogen) atoms. The number of aliphatic hydroxyl groups excluding tert-OH is 1. The molecule has 0 amide bonds. The second-order valence-corrected chi connectivity index (χ2v) is 1.87. The van der Waals surface area contributed by atoms with Gasteiger partial charge in [0.1, 0.15) is 19.2 Å². The van der Waals surface area contributed by atoms with Gasteiger partial charge in [-0.25, -0.2) is 0 Å². The van der Waals surface area contributed by atoms with Crippen LogP contribution < -0.4 is 0 Å². The monoisotopic (exact) mass is 157 g/mol. The van der Waals surface area contributed by atoms with Crippen LogP contribution in [0, 0.1) is 5.21 Å². The van der Waals surface area contributed by atoms with Crippen molar-refractivity contribution in [3.05, 3.63) is 5.21 Å². The summed E-state index contributed by atoms with van der Waals surface area (Å²) in [7, 11) is 0. The largest absolute Gasteiger partial charge is 0.569 e. The van der Waals surface area contributed by atoms with Crippen LogP contribution in [0.1, 0.15) is 0 Å². The Kier molecular flexibility index (Phi) is 3.95. The summed E-state index contributed by atoms with van der Waals surface area (Å²) in [5.41, 5.74) is 0. The van der Waals surface area contributed by atoms with Crippen LogP contribution in [0.25, 0.3) is 0 Å². The fraction of sp³-hybridized carbons (Fsp3) is 1.00. The van der Waals surface area contributed by atoms with Gasteiger partial charge in [0.2, 0.25) is 5.28 Å². The first-order chi connectivity index (χ1) is 4.24. The summed E-state index contributed by atoms with van der Waals surface area (Å²) in [5, 5.41) is 30.3. The third kappa shape index (κ3) is 1.98. The van der Waals surface area contributed by atoms with Gasteiger partial charge in [0, 0.05) is 0 Å². The van der Waals surface area contributed by atoms with Crippen molar-refractivity contribution in [2.45, 2.75) is 6.10 Å². The zero-order valence-corrected chi connectivity index (χ0v) is 4.64. The summed E-state index contributed by atoms with van der Waals surface area (Å²) in [6, 6.07) is 0. The topological polar surface area (TPSA) is 82.1 Å². The minimum atomic E-state index is -0.455. The van der Waals surface area contributed by atoms with Gasteiger partial charge in [0.25, 0.3) is 0 Å². The van der Waals surface area contributed by atoms with Crippen LogP contribution >= 0.6 is 0 Å². The van der Waals surface area contributed by atoms with Crippen LogP contribution in [0.3, 0.4) is 0 Å². The zero-order valence-electron chi connectivity index (χ0n) is 4.64.